The van der Waals surface area contributed by atoms with Crippen molar-refractivity contribution in [2.24, 2.45) is 0 Å². The summed E-state index contributed by atoms with van der Waals surface area (Å²) in [5.74, 6) is -1.12. The number of carbonyl (C=O) groups is 2. The van der Waals surface area contributed by atoms with Crippen molar-refractivity contribution >= 4 is 11.9 Å². The van der Waals surface area contributed by atoms with Gasteiger partial charge in [-0.05, 0) is 18.2 Å². The molecule has 8 heteroatoms. The largest absolute Gasteiger partial charge is 0.477 e. The summed E-state index contributed by atoms with van der Waals surface area (Å²) >= 11 is 0. The lowest BCUT2D eigenvalue weighted by Crippen LogP contribution is -2.36. The molecule has 1 saturated heterocycles. The molecule has 2 N–H and O–H groups in total. The number of carbonyl (C=O) groups excluding carboxylic acids is 1. The number of nitrogens with zero attached hydrogens (tertiary/aromatic N) is 3. The fourth-order valence-corrected chi connectivity index (χ4v) is 3.24. The predicted molar refractivity (Wildman–Crippen MR) is 98.3 cm³/mol. The Hall–Kier alpha value is -3.52. The molecule has 0 aliphatic carbocycles. The lowest BCUT2D eigenvalue weighted by molar-refractivity contribution is -0.143. The number of rotatable bonds is 4. The Balaban J connectivity index is 1.68. The first-order valence-corrected chi connectivity index (χ1v) is 8.65. The van der Waals surface area contributed by atoms with Crippen LogP contribution in [0.25, 0.3) is 22.6 Å². The molecule has 1 fully saturated rings. The van der Waals surface area contributed by atoms with E-state index in [0.29, 0.717) is 29.1 Å². The standard InChI is InChI=1S/C20H17N3O5/c1-23-9-8-20(27,19(23)26)17-11-16(28-22-17)13-5-2-4-12(10-13)14-6-3-7-15(21-14)18(24)25/h2-7,10-11,27H,8-9H2,1H3,(H,24,25). The Bertz CT molecular complexity index is 1080. The second kappa shape index (κ2) is 6.58. The molecule has 1 atom stereocenters. The molecule has 1 aromatic carbocycles. The van der Waals surface area contributed by atoms with Gasteiger partial charge in [0.2, 0.25) is 0 Å². The van der Waals surface area contributed by atoms with Gasteiger partial charge in [0.25, 0.3) is 5.91 Å². The number of carboxylic acids is 1. The Labute approximate surface area is 160 Å². The zero-order chi connectivity index (χ0) is 19.9. The maximum atomic E-state index is 12.2. The van der Waals surface area contributed by atoms with Gasteiger partial charge in [-0.2, -0.15) is 0 Å². The van der Waals surface area contributed by atoms with Crippen molar-refractivity contribution in [3.05, 3.63) is 59.9 Å². The van der Waals surface area contributed by atoms with Crippen LogP contribution in [0.2, 0.25) is 0 Å². The van der Waals surface area contributed by atoms with Crippen molar-refractivity contribution in [3.63, 3.8) is 0 Å². The molecule has 8 nitrogen and oxygen atoms in total. The lowest BCUT2D eigenvalue weighted by Gasteiger charge is -2.16. The number of carboxylic acid groups (broad SMARTS) is 1. The number of likely N-dealkylation sites (N-methyl/N-ethyl adjacent to an activating group) is 1. The first kappa shape index (κ1) is 17.9. The Kier molecular flexibility index (Phi) is 4.20. The normalized spacial score (nSPS) is 19.2. The number of aromatic nitrogens is 2. The van der Waals surface area contributed by atoms with Crippen molar-refractivity contribution in [2.75, 3.05) is 13.6 Å². The van der Waals surface area contributed by atoms with Crippen LogP contribution < -0.4 is 0 Å². The summed E-state index contributed by atoms with van der Waals surface area (Å²) < 4.78 is 5.37. The SMILES string of the molecule is CN1CCC(O)(c2cc(-c3cccc(-c4cccc(C(=O)O)n4)c3)on2)C1=O. The first-order chi connectivity index (χ1) is 13.4. The molecule has 0 radical (unpaired) electrons. The van der Waals surface area contributed by atoms with Crippen LogP contribution in [-0.4, -0.2) is 50.7 Å². The number of benzene rings is 1. The van der Waals surface area contributed by atoms with E-state index in [9.17, 15) is 14.7 Å². The fourth-order valence-electron chi connectivity index (χ4n) is 3.24. The van der Waals surface area contributed by atoms with Crippen LogP contribution in [0.1, 0.15) is 22.6 Å². The highest BCUT2D eigenvalue weighted by Crippen LogP contribution is 2.34. The minimum absolute atomic E-state index is 0.0454. The molecule has 1 aliphatic heterocycles. The summed E-state index contributed by atoms with van der Waals surface area (Å²) in [4.78, 5) is 29.0. The lowest BCUT2D eigenvalue weighted by atomic mass is 9.97. The van der Waals surface area contributed by atoms with E-state index in [2.05, 4.69) is 10.1 Å². The van der Waals surface area contributed by atoms with Gasteiger partial charge >= 0.3 is 5.97 Å². The van der Waals surface area contributed by atoms with E-state index in [0.717, 1.165) is 0 Å². The summed E-state index contributed by atoms with van der Waals surface area (Å²) in [5.41, 5.74) is 0.331. The summed E-state index contributed by atoms with van der Waals surface area (Å²) in [6.45, 7) is 0.443. The van der Waals surface area contributed by atoms with Crippen LogP contribution >= 0.6 is 0 Å². The van der Waals surface area contributed by atoms with Crippen LogP contribution in [0.4, 0.5) is 0 Å². The van der Waals surface area contributed by atoms with E-state index < -0.39 is 17.5 Å². The average molecular weight is 379 g/mol. The molecule has 0 saturated carbocycles. The molecule has 1 unspecified atom stereocenters. The number of hydrogen-bond donors (Lipinski definition) is 2. The summed E-state index contributed by atoms with van der Waals surface area (Å²) in [5, 5.41) is 23.7. The van der Waals surface area contributed by atoms with E-state index in [4.69, 9.17) is 9.63 Å². The van der Waals surface area contributed by atoms with Crippen LogP contribution in [0.15, 0.2) is 53.1 Å². The molecular weight excluding hydrogens is 362 g/mol. The number of likely N-dealkylation sites (tertiary alicyclic amines) is 1. The first-order valence-electron chi connectivity index (χ1n) is 8.65. The number of hydrogen-bond acceptors (Lipinski definition) is 6. The Morgan fingerprint density at radius 2 is 1.93 bits per heavy atom. The van der Waals surface area contributed by atoms with Crippen LogP contribution in [0.5, 0.6) is 0 Å². The van der Waals surface area contributed by atoms with Crippen molar-refractivity contribution in [3.8, 4) is 22.6 Å². The smallest absolute Gasteiger partial charge is 0.354 e. The minimum atomic E-state index is -1.68. The van der Waals surface area contributed by atoms with E-state index >= 15 is 0 Å². The van der Waals surface area contributed by atoms with E-state index in [1.165, 1.54) is 11.0 Å². The van der Waals surface area contributed by atoms with Crippen LogP contribution in [0, 0.1) is 0 Å². The highest BCUT2D eigenvalue weighted by Gasteiger charge is 2.47. The molecule has 4 rings (SSSR count). The van der Waals surface area contributed by atoms with Gasteiger partial charge in [-0.1, -0.05) is 29.4 Å². The third-order valence-corrected chi connectivity index (χ3v) is 4.85. The van der Waals surface area contributed by atoms with Gasteiger partial charge in [-0.3, -0.25) is 4.79 Å². The van der Waals surface area contributed by atoms with Gasteiger partial charge < -0.3 is 19.6 Å². The van der Waals surface area contributed by atoms with Gasteiger partial charge in [-0.15, -0.1) is 0 Å². The molecule has 1 amide bonds. The number of aliphatic hydroxyl groups is 1. The molecule has 142 valence electrons. The van der Waals surface area contributed by atoms with Crippen molar-refractivity contribution < 1.29 is 24.3 Å². The second-order valence-corrected chi connectivity index (χ2v) is 6.71. The molecule has 1 aliphatic rings. The number of aromatic carboxylic acids is 1. The third-order valence-electron chi connectivity index (χ3n) is 4.85. The van der Waals surface area contributed by atoms with Gasteiger partial charge in [0.1, 0.15) is 11.4 Å². The monoisotopic (exact) mass is 379 g/mol. The Morgan fingerprint density at radius 3 is 2.64 bits per heavy atom. The quantitative estimate of drug-likeness (QED) is 0.713. The molecule has 0 spiro atoms. The topological polar surface area (TPSA) is 117 Å². The highest BCUT2D eigenvalue weighted by molar-refractivity contribution is 5.88. The van der Waals surface area contributed by atoms with Crippen molar-refractivity contribution in [2.45, 2.75) is 12.0 Å². The molecule has 0 bridgehead atoms. The van der Waals surface area contributed by atoms with Gasteiger partial charge in [0, 0.05) is 37.2 Å². The Morgan fingerprint density at radius 1 is 1.18 bits per heavy atom. The molecule has 2 aromatic heterocycles. The van der Waals surface area contributed by atoms with Gasteiger partial charge in [0.05, 0.1) is 5.69 Å². The van der Waals surface area contributed by atoms with Crippen molar-refractivity contribution in [1.29, 1.82) is 0 Å². The number of amides is 1. The summed E-state index contributed by atoms with van der Waals surface area (Å²) in [6, 6.07) is 13.5. The van der Waals surface area contributed by atoms with Crippen LogP contribution in [0.3, 0.4) is 0 Å². The zero-order valence-electron chi connectivity index (χ0n) is 15.0. The minimum Gasteiger partial charge on any atom is -0.477 e. The van der Waals surface area contributed by atoms with E-state index in [1.807, 2.05) is 0 Å². The summed E-state index contributed by atoms with van der Waals surface area (Å²) in [7, 11) is 1.63. The average Bonchev–Trinajstić information content (AvgIpc) is 3.31. The predicted octanol–water partition coefficient (Wildman–Crippen LogP) is 2.15. The molecular formula is C20H17N3O5. The second-order valence-electron chi connectivity index (χ2n) is 6.71. The van der Waals surface area contributed by atoms with Crippen LogP contribution in [-0.2, 0) is 10.4 Å². The van der Waals surface area contributed by atoms with E-state index in [-0.39, 0.29) is 17.8 Å². The van der Waals surface area contributed by atoms with Crippen molar-refractivity contribution in [1.82, 2.24) is 15.0 Å². The van der Waals surface area contributed by atoms with Gasteiger partial charge in [0.15, 0.2) is 11.4 Å². The maximum absolute atomic E-state index is 12.2. The number of pyridine rings is 1. The molecule has 3 heterocycles. The fraction of sp³-hybridized carbons (Fsp3) is 0.200. The zero-order valence-corrected chi connectivity index (χ0v) is 15.0. The third kappa shape index (κ3) is 2.93. The highest BCUT2D eigenvalue weighted by atomic mass is 16.5. The molecule has 28 heavy (non-hydrogen) atoms. The van der Waals surface area contributed by atoms with Gasteiger partial charge in [-0.25, -0.2) is 9.78 Å². The molecule has 3 aromatic rings. The summed E-state index contributed by atoms with van der Waals surface area (Å²) in [6.07, 6.45) is 0.250. The maximum Gasteiger partial charge on any atom is 0.354 e. The van der Waals surface area contributed by atoms with E-state index in [1.54, 1.807) is 49.5 Å².